The van der Waals surface area contributed by atoms with Gasteiger partial charge in [-0.1, -0.05) is 61.4 Å². The third-order valence-corrected chi connectivity index (χ3v) is 5.74. The highest BCUT2D eigenvalue weighted by atomic mass is 16.2. The Morgan fingerprint density at radius 1 is 0.968 bits per heavy atom. The molecule has 0 spiro atoms. The maximum Gasteiger partial charge on any atom is 0.237 e. The number of rotatable bonds is 12. The SMILES string of the molecule is CN[C@@H](CCCCCC(C)=O)C(=O)NCCc1c(-c2ccccc2)[nH]c2ccccc12. The number of nitrogens with one attached hydrogen (secondary N) is 3. The zero-order valence-electron chi connectivity index (χ0n) is 18.5. The molecule has 164 valence electrons. The minimum absolute atomic E-state index is 0.0372. The van der Waals surface area contributed by atoms with Crippen LogP contribution in [0.15, 0.2) is 54.6 Å². The van der Waals surface area contributed by atoms with E-state index >= 15 is 0 Å². The lowest BCUT2D eigenvalue weighted by Gasteiger charge is -2.16. The first kappa shape index (κ1) is 22.8. The van der Waals surface area contributed by atoms with Crippen molar-refractivity contribution in [3.63, 3.8) is 0 Å². The van der Waals surface area contributed by atoms with E-state index in [9.17, 15) is 9.59 Å². The van der Waals surface area contributed by atoms with Gasteiger partial charge in [0.1, 0.15) is 5.78 Å². The van der Waals surface area contributed by atoms with Gasteiger partial charge < -0.3 is 20.4 Å². The van der Waals surface area contributed by atoms with Gasteiger partial charge in [0, 0.05) is 29.6 Å². The molecule has 0 fully saturated rings. The van der Waals surface area contributed by atoms with Gasteiger partial charge in [0.05, 0.1) is 6.04 Å². The van der Waals surface area contributed by atoms with Crippen molar-refractivity contribution in [2.45, 2.75) is 51.5 Å². The predicted octanol–water partition coefficient (Wildman–Crippen LogP) is 4.62. The van der Waals surface area contributed by atoms with E-state index in [1.54, 1.807) is 6.92 Å². The van der Waals surface area contributed by atoms with Crippen LogP contribution in [0.5, 0.6) is 0 Å². The lowest BCUT2D eigenvalue weighted by atomic mass is 10.0. The van der Waals surface area contributed by atoms with Crippen LogP contribution in [0, 0.1) is 0 Å². The van der Waals surface area contributed by atoms with E-state index in [0.717, 1.165) is 48.9 Å². The maximum absolute atomic E-state index is 12.7. The zero-order chi connectivity index (χ0) is 22.1. The summed E-state index contributed by atoms with van der Waals surface area (Å²) in [5, 5.41) is 7.43. The summed E-state index contributed by atoms with van der Waals surface area (Å²) in [5.74, 6) is 0.269. The Hall–Kier alpha value is -2.92. The quantitative estimate of drug-likeness (QED) is 0.375. The Balaban J connectivity index is 1.59. The molecule has 0 saturated carbocycles. The summed E-state index contributed by atoms with van der Waals surface area (Å²) < 4.78 is 0. The molecule has 0 bridgehead atoms. The van der Waals surface area contributed by atoms with Gasteiger partial charge in [-0.3, -0.25) is 4.79 Å². The summed E-state index contributed by atoms with van der Waals surface area (Å²) in [4.78, 5) is 27.2. The number of Topliss-reactive ketones (excluding diaryl/α,β-unsaturated/α-hetero) is 1. The normalized spacial score (nSPS) is 12.1. The first-order valence-electron chi connectivity index (χ1n) is 11.2. The maximum atomic E-state index is 12.7. The first-order valence-corrected chi connectivity index (χ1v) is 11.2. The van der Waals surface area contributed by atoms with Gasteiger partial charge in [-0.25, -0.2) is 0 Å². The highest BCUT2D eigenvalue weighted by molar-refractivity contribution is 5.91. The Morgan fingerprint density at radius 3 is 2.45 bits per heavy atom. The molecule has 2 aromatic carbocycles. The first-order chi connectivity index (χ1) is 15.1. The second-order valence-electron chi connectivity index (χ2n) is 8.07. The number of aromatic nitrogens is 1. The fourth-order valence-electron chi connectivity index (χ4n) is 4.05. The van der Waals surface area contributed by atoms with Crippen LogP contribution in [0.4, 0.5) is 0 Å². The van der Waals surface area contributed by atoms with Crippen molar-refractivity contribution in [2.24, 2.45) is 0 Å². The highest BCUT2D eigenvalue weighted by Gasteiger charge is 2.17. The summed E-state index contributed by atoms with van der Waals surface area (Å²) >= 11 is 0. The number of fused-ring (bicyclic) bond motifs is 1. The molecule has 3 aromatic rings. The lowest BCUT2D eigenvalue weighted by molar-refractivity contribution is -0.123. The van der Waals surface area contributed by atoms with Crippen molar-refractivity contribution >= 4 is 22.6 Å². The second kappa shape index (κ2) is 11.5. The molecule has 0 aliphatic rings. The van der Waals surface area contributed by atoms with Crippen LogP contribution in [0.1, 0.15) is 44.6 Å². The van der Waals surface area contributed by atoms with Gasteiger partial charge in [0.25, 0.3) is 0 Å². The Labute approximate surface area is 184 Å². The minimum atomic E-state index is -0.200. The Bertz CT molecular complexity index is 994. The summed E-state index contributed by atoms with van der Waals surface area (Å²) in [5.41, 5.74) is 4.61. The molecule has 1 aromatic heterocycles. The average molecular weight is 420 g/mol. The number of hydrogen-bond donors (Lipinski definition) is 3. The molecule has 0 aliphatic carbocycles. The minimum Gasteiger partial charge on any atom is -0.354 e. The molecular weight excluding hydrogens is 386 g/mol. The van der Waals surface area contributed by atoms with Crippen LogP contribution in [0.25, 0.3) is 22.2 Å². The van der Waals surface area contributed by atoms with Crippen molar-refractivity contribution in [2.75, 3.05) is 13.6 Å². The number of para-hydroxylation sites is 1. The van der Waals surface area contributed by atoms with Crippen molar-refractivity contribution in [1.82, 2.24) is 15.6 Å². The molecule has 0 radical (unpaired) electrons. The molecule has 3 rings (SSSR count). The third kappa shape index (κ3) is 6.28. The molecule has 1 atom stereocenters. The molecule has 1 heterocycles. The number of ketones is 1. The lowest BCUT2D eigenvalue weighted by Crippen LogP contribution is -2.43. The molecule has 1 amide bonds. The van der Waals surface area contributed by atoms with Gasteiger partial charge in [-0.2, -0.15) is 0 Å². The van der Waals surface area contributed by atoms with Crippen molar-refractivity contribution in [1.29, 1.82) is 0 Å². The van der Waals surface area contributed by atoms with E-state index in [1.165, 1.54) is 10.9 Å². The standard InChI is InChI=1S/C26H33N3O2/c1-19(30)11-5-3-8-16-24(27-2)26(31)28-18-17-22-21-14-9-10-15-23(21)29-25(22)20-12-6-4-7-13-20/h4,6-7,9-10,12-15,24,27,29H,3,5,8,11,16-18H2,1-2H3,(H,28,31)/t24-/m0/s1. The molecule has 0 saturated heterocycles. The molecule has 3 N–H and O–H groups in total. The van der Waals surface area contributed by atoms with Gasteiger partial charge in [0.2, 0.25) is 5.91 Å². The summed E-state index contributed by atoms with van der Waals surface area (Å²) in [6.07, 6.45) is 4.98. The molecule has 31 heavy (non-hydrogen) atoms. The largest absolute Gasteiger partial charge is 0.354 e. The number of likely N-dealkylation sites (N-methyl/N-ethyl adjacent to an activating group) is 1. The van der Waals surface area contributed by atoms with Crippen LogP contribution in [-0.2, 0) is 16.0 Å². The second-order valence-corrected chi connectivity index (χ2v) is 8.07. The summed E-state index contributed by atoms with van der Waals surface area (Å²) in [6.45, 7) is 2.21. The zero-order valence-corrected chi connectivity index (χ0v) is 18.5. The van der Waals surface area contributed by atoms with E-state index < -0.39 is 0 Å². The van der Waals surface area contributed by atoms with E-state index in [0.29, 0.717) is 13.0 Å². The van der Waals surface area contributed by atoms with E-state index in [-0.39, 0.29) is 17.7 Å². The monoisotopic (exact) mass is 419 g/mol. The van der Waals surface area contributed by atoms with Crippen LogP contribution in [0.2, 0.25) is 0 Å². The molecule has 0 unspecified atom stereocenters. The Kier molecular flexibility index (Phi) is 8.42. The number of benzene rings is 2. The topological polar surface area (TPSA) is 74.0 Å². The smallest absolute Gasteiger partial charge is 0.237 e. The predicted molar refractivity (Wildman–Crippen MR) is 127 cm³/mol. The van der Waals surface area contributed by atoms with Crippen molar-refractivity contribution < 1.29 is 9.59 Å². The summed E-state index contributed by atoms with van der Waals surface area (Å²) in [7, 11) is 1.83. The molecular formula is C26H33N3O2. The number of H-pyrrole nitrogens is 1. The molecule has 5 nitrogen and oxygen atoms in total. The molecule has 5 heteroatoms. The number of carbonyl (C=O) groups excluding carboxylic acids is 2. The van der Waals surface area contributed by atoms with E-state index in [4.69, 9.17) is 0 Å². The number of carbonyl (C=O) groups is 2. The number of hydrogen-bond acceptors (Lipinski definition) is 3. The van der Waals surface area contributed by atoms with Gasteiger partial charge in [-0.05, 0) is 50.4 Å². The van der Waals surface area contributed by atoms with Crippen LogP contribution >= 0.6 is 0 Å². The summed E-state index contributed by atoms with van der Waals surface area (Å²) in [6, 6.07) is 18.4. The Morgan fingerprint density at radius 2 is 1.71 bits per heavy atom. The van der Waals surface area contributed by atoms with Gasteiger partial charge in [-0.15, -0.1) is 0 Å². The van der Waals surface area contributed by atoms with E-state index in [2.05, 4.69) is 45.9 Å². The van der Waals surface area contributed by atoms with Crippen LogP contribution < -0.4 is 10.6 Å². The van der Waals surface area contributed by atoms with Gasteiger partial charge in [0.15, 0.2) is 0 Å². The van der Waals surface area contributed by atoms with Crippen LogP contribution in [0.3, 0.4) is 0 Å². The third-order valence-electron chi connectivity index (χ3n) is 5.74. The fraction of sp³-hybridized carbons (Fsp3) is 0.385. The van der Waals surface area contributed by atoms with Crippen molar-refractivity contribution in [3.8, 4) is 11.3 Å². The van der Waals surface area contributed by atoms with E-state index in [1.807, 2.05) is 31.3 Å². The van der Waals surface area contributed by atoms with Crippen LogP contribution in [-0.4, -0.2) is 36.3 Å². The number of unbranched alkanes of at least 4 members (excludes halogenated alkanes) is 2. The van der Waals surface area contributed by atoms with Crippen molar-refractivity contribution in [3.05, 3.63) is 60.2 Å². The van der Waals surface area contributed by atoms with Gasteiger partial charge >= 0.3 is 0 Å². The molecule has 0 aliphatic heterocycles. The fourth-order valence-corrected chi connectivity index (χ4v) is 4.05. The number of aromatic amines is 1. The average Bonchev–Trinajstić information content (AvgIpc) is 3.15. The highest BCUT2D eigenvalue weighted by Crippen LogP contribution is 2.30. The number of amides is 1.